The highest BCUT2D eigenvalue weighted by molar-refractivity contribution is 7.16. The normalized spacial score (nSPS) is 28.5. The number of rotatable bonds is 6. The van der Waals surface area contributed by atoms with E-state index in [4.69, 9.17) is 16.3 Å². The van der Waals surface area contributed by atoms with Crippen molar-refractivity contribution in [3.8, 4) is 0 Å². The Morgan fingerprint density at radius 3 is 2.65 bits per heavy atom. The van der Waals surface area contributed by atoms with Crippen molar-refractivity contribution in [1.29, 1.82) is 0 Å². The summed E-state index contributed by atoms with van der Waals surface area (Å²) in [4.78, 5) is 1.34. The highest BCUT2D eigenvalue weighted by Gasteiger charge is 2.41. The summed E-state index contributed by atoms with van der Waals surface area (Å²) < 4.78 is 6.90. The maximum atomic E-state index is 6.06. The minimum Gasteiger partial charge on any atom is -0.377 e. The Labute approximate surface area is 131 Å². The van der Waals surface area contributed by atoms with E-state index in [9.17, 15) is 0 Å². The summed E-state index contributed by atoms with van der Waals surface area (Å²) in [5, 5.41) is 3.66. The summed E-state index contributed by atoms with van der Waals surface area (Å²) in [7, 11) is 1.88. The second-order valence-electron chi connectivity index (χ2n) is 5.97. The minimum atomic E-state index is -0.0149. The molecule has 1 aromatic heterocycles. The zero-order chi connectivity index (χ0) is 14.6. The van der Waals surface area contributed by atoms with Crippen LogP contribution in [0.25, 0.3) is 0 Å². The van der Waals surface area contributed by atoms with Crippen LogP contribution in [0.15, 0.2) is 12.1 Å². The summed E-state index contributed by atoms with van der Waals surface area (Å²) >= 11 is 7.75. The molecule has 20 heavy (non-hydrogen) atoms. The van der Waals surface area contributed by atoms with E-state index in [-0.39, 0.29) is 5.60 Å². The quantitative estimate of drug-likeness (QED) is 0.833. The molecular weight excluding hydrogens is 290 g/mol. The van der Waals surface area contributed by atoms with Gasteiger partial charge in [-0.15, -0.1) is 11.3 Å². The van der Waals surface area contributed by atoms with Crippen LogP contribution in [-0.2, 0) is 11.2 Å². The first-order chi connectivity index (χ1) is 9.59. The zero-order valence-electron chi connectivity index (χ0n) is 12.7. The molecule has 1 aliphatic rings. The first-order valence-electron chi connectivity index (χ1n) is 7.62. The van der Waals surface area contributed by atoms with E-state index in [0.717, 1.165) is 36.1 Å². The van der Waals surface area contributed by atoms with Gasteiger partial charge in [0.05, 0.1) is 9.94 Å². The van der Waals surface area contributed by atoms with Crippen LogP contribution in [0.4, 0.5) is 0 Å². The molecule has 1 heterocycles. The van der Waals surface area contributed by atoms with E-state index in [1.165, 1.54) is 17.7 Å². The highest BCUT2D eigenvalue weighted by atomic mass is 35.5. The van der Waals surface area contributed by atoms with Crippen molar-refractivity contribution in [2.45, 2.75) is 57.6 Å². The monoisotopic (exact) mass is 315 g/mol. The van der Waals surface area contributed by atoms with Crippen LogP contribution in [0.1, 0.15) is 44.4 Å². The Kier molecular flexibility index (Phi) is 5.91. The SMILES string of the molecule is CCNC(Cc1ccc(Cl)s1)C1(OC)CCC(C)CC1. The number of hydrogen-bond acceptors (Lipinski definition) is 3. The first-order valence-corrected chi connectivity index (χ1v) is 8.82. The Hall–Kier alpha value is -0.0900. The molecule has 0 saturated heterocycles. The molecule has 1 saturated carbocycles. The van der Waals surface area contributed by atoms with Crippen LogP contribution in [0, 0.1) is 5.92 Å². The van der Waals surface area contributed by atoms with Crippen molar-refractivity contribution in [3.05, 3.63) is 21.3 Å². The predicted molar refractivity (Wildman–Crippen MR) is 87.9 cm³/mol. The molecule has 1 aromatic rings. The summed E-state index contributed by atoms with van der Waals surface area (Å²) in [5.41, 5.74) is -0.0149. The number of methoxy groups -OCH3 is 1. The molecule has 1 unspecified atom stereocenters. The topological polar surface area (TPSA) is 21.3 Å². The fourth-order valence-electron chi connectivity index (χ4n) is 3.30. The fourth-order valence-corrected chi connectivity index (χ4v) is 4.43. The van der Waals surface area contributed by atoms with Crippen molar-refractivity contribution in [2.24, 2.45) is 5.92 Å². The molecule has 0 aliphatic heterocycles. The Morgan fingerprint density at radius 2 is 2.15 bits per heavy atom. The van der Waals surface area contributed by atoms with Gasteiger partial charge >= 0.3 is 0 Å². The third-order valence-corrected chi connectivity index (χ3v) is 5.90. The van der Waals surface area contributed by atoms with Crippen LogP contribution in [0.2, 0.25) is 4.34 Å². The van der Waals surface area contributed by atoms with Gasteiger partial charge in [0.25, 0.3) is 0 Å². The number of ether oxygens (including phenoxy) is 1. The molecule has 0 bridgehead atoms. The van der Waals surface area contributed by atoms with Gasteiger partial charge in [-0.3, -0.25) is 0 Å². The van der Waals surface area contributed by atoms with Crippen LogP contribution >= 0.6 is 22.9 Å². The molecule has 0 amide bonds. The van der Waals surface area contributed by atoms with Crippen molar-refractivity contribution < 1.29 is 4.74 Å². The van der Waals surface area contributed by atoms with Crippen LogP contribution in [0.5, 0.6) is 0 Å². The number of thiophene rings is 1. The van der Waals surface area contributed by atoms with Gasteiger partial charge in [-0.25, -0.2) is 0 Å². The van der Waals surface area contributed by atoms with Crippen molar-refractivity contribution in [2.75, 3.05) is 13.7 Å². The lowest BCUT2D eigenvalue weighted by atomic mass is 9.74. The lowest BCUT2D eigenvalue weighted by molar-refractivity contribution is -0.0741. The molecule has 114 valence electrons. The van der Waals surface area contributed by atoms with Crippen LogP contribution in [0.3, 0.4) is 0 Å². The minimum absolute atomic E-state index is 0.0149. The van der Waals surface area contributed by atoms with E-state index in [2.05, 4.69) is 25.2 Å². The first kappa shape index (κ1) is 16.3. The number of nitrogens with one attached hydrogen (secondary N) is 1. The van der Waals surface area contributed by atoms with E-state index in [1.54, 1.807) is 11.3 Å². The van der Waals surface area contributed by atoms with Gasteiger partial charge in [0.2, 0.25) is 0 Å². The third kappa shape index (κ3) is 3.76. The van der Waals surface area contributed by atoms with E-state index in [1.807, 2.05) is 13.2 Å². The largest absolute Gasteiger partial charge is 0.377 e. The molecular formula is C16H26ClNOS. The lowest BCUT2D eigenvalue weighted by Gasteiger charge is -2.44. The average Bonchev–Trinajstić information content (AvgIpc) is 2.85. The second-order valence-corrected chi connectivity index (χ2v) is 7.77. The second kappa shape index (κ2) is 7.26. The number of likely N-dealkylation sites (N-methyl/N-ethyl adjacent to an activating group) is 1. The lowest BCUT2D eigenvalue weighted by Crippen LogP contribution is -2.54. The summed E-state index contributed by atoms with van der Waals surface area (Å²) in [6.45, 7) is 5.49. The summed E-state index contributed by atoms with van der Waals surface area (Å²) in [6.07, 6.45) is 5.85. The molecule has 4 heteroatoms. The zero-order valence-corrected chi connectivity index (χ0v) is 14.3. The van der Waals surface area contributed by atoms with Crippen molar-refractivity contribution in [3.63, 3.8) is 0 Å². The third-order valence-electron chi connectivity index (χ3n) is 4.65. The molecule has 1 N–H and O–H groups in total. The molecule has 2 nitrogen and oxygen atoms in total. The molecule has 1 atom stereocenters. The van der Waals surface area contributed by atoms with Gasteiger partial charge < -0.3 is 10.1 Å². The van der Waals surface area contributed by atoms with Gasteiger partial charge in [-0.2, -0.15) is 0 Å². The standard InChI is InChI=1S/C16H26ClNOS/c1-4-18-14(11-13-5-6-15(17)20-13)16(19-3)9-7-12(2)8-10-16/h5-6,12,14,18H,4,7-11H2,1-3H3. The molecule has 0 aromatic carbocycles. The van der Waals surface area contributed by atoms with Crippen LogP contribution in [-0.4, -0.2) is 25.3 Å². The van der Waals surface area contributed by atoms with E-state index in [0.29, 0.717) is 6.04 Å². The number of halogens is 1. The predicted octanol–water partition coefficient (Wildman–Crippen LogP) is 4.52. The molecule has 1 fully saturated rings. The summed E-state index contributed by atoms with van der Waals surface area (Å²) in [6, 6.07) is 4.51. The van der Waals surface area contributed by atoms with Crippen molar-refractivity contribution >= 4 is 22.9 Å². The number of hydrogen-bond donors (Lipinski definition) is 1. The van der Waals surface area contributed by atoms with Crippen LogP contribution < -0.4 is 5.32 Å². The Bertz CT molecular complexity index is 412. The molecule has 2 rings (SSSR count). The maximum absolute atomic E-state index is 6.06. The molecule has 0 spiro atoms. The molecule has 0 radical (unpaired) electrons. The van der Waals surface area contributed by atoms with Gasteiger partial charge in [-0.05, 0) is 56.7 Å². The highest BCUT2D eigenvalue weighted by Crippen LogP contribution is 2.38. The van der Waals surface area contributed by atoms with E-state index >= 15 is 0 Å². The van der Waals surface area contributed by atoms with Gasteiger partial charge in [-0.1, -0.05) is 25.4 Å². The van der Waals surface area contributed by atoms with Gasteiger partial charge in [0, 0.05) is 18.0 Å². The summed E-state index contributed by atoms with van der Waals surface area (Å²) in [5.74, 6) is 0.830. The van der Waals surface area contributed by atoms with Gasteiger partial charge in [0.15, 0.2) is 0 Å². The smallest absolute Gasteiger partial charge is 0.0931 e. The molecule has 1 aliphatic carbocycles. The van der Waals surface area contributed by atoms with E-state index < -0.39 is 0 Å². The van der Waals surface area contributed by atoms with Crippen molar-refractivity contribution in [1.82, 2.24) is 5.32 Å². The van der Waals surface area contributed by atoms with Gasteiger partial charge in [0.1, 0.15) is 0 Å². The maximum Gasteiger partial charge on any atom is 0.0931 e. The Morgan fingerprint density at radius 1 is 1.45 bits per heavy atom. The average molecular weight is 316 g/mol. The fraction of sp³-hybridized carbons (Fsp3) is 0.750. The Balaban J connectivity index is 2.12.